The van der Waals surface area contributed by atoms with Crippen LogP contribution in [0.4, 0.5) is 0 Å². The minimum atomic E-state index is -3.83. The Hall–Kier alpha value is -4.38. The maximum Gasteiger partial charge on any atom is 0.356 e. The van der Waals surface area contributed by atoms with E-state index in [9.17, 15) is 23.1 Å². The Morgan fingerprint density at radius 2 is 1.78 bits per heavy atom. The molecule has 46 heavy (non-hydrogen) atoms. The first-order chi connectivity index (χ1) is 22.1. The Kier molecular flexibility index (Phi) is 7.54. The SMILES string of the molecule is COc1ccc2c(c1)C=C(c1c(C(=O)O)ncn1C1CC1)Cn1c-2c(C2CCCCC2)c2ccc(C(=O)NS(=O)(=O)C(C)C)cc21. The number of carboxylic acids is 1. The van der Waals surface area contributed by atoms with E-state index in [1.165, 1.54) is 25.8 Å². The van der Waals surface area contributed by atoms with Crippen molar-refractivity contribution in [1.82, 2.24) is 18.8 Å². The Balaban J connectivity index is 1.49. The Labute approximate surface area is 268 Å². The fraction of sp³-hybridized carbons (Fsp3) is 0.400. The van der Waals surface area contributed by atoms with Crippen molar-refractivity contribution in [3.05, 3.63) is 70.8 Å². The lowest BCUT2D eigenvalue weighted by Crippen LogP contribution is -2.35. The molecule has 7 rings (SSSR count). The van der Waals surface area contributed by atoms with Crippen LogP contribution in [-0.2, 0) is 16.6 Å². The second-order valence-electron chi connectivity index (χ2n) is 12.9. The molecule has 240 valence electrons. The molecular formula is C35H38N4O6S. The number of rotatable bonds is 8. The lowest BCUT2D eigenvalue weighted by molar-refractivity contribution is 0.0690. The molecule has 2 N–H and O–H groups in total. The number of hydrogen-bond donors (Lipinski definition) is 2. The molecule has 2 fully saturated rings. The number of nitrogens with zero attached hydrogens (tertiary/aromatic N) is 3. The molecule has 0 atom stereocenters. The van der Waals surface area contributed by atoms with E-state index in [1.807, 2.05) is 22.8 Å². The van der Waals surface area contributed by atoms with E-state index in [2.05, 4.69) is 26.4 Å². The van der Waals surface area contributed by atoms with Gasteiger partial charge in [0.25, 0.3) is 5.91 Å². The third kappa shape index (κ3) is 5.20. The summed E-state index contributed by atoms with van der Waals surface area (Å²) in [6.45, 7) is 3.39. The molecule has 1 amide bonds. The molecule has 0 bridgehead atoms. The van der Waals surface area contributed by atoms with Gasteiger partial charge in [0.2, 0.25) is 10.0 Å². The number of fused-ring (bicyclic) bond motifs is 5. The van der Waals surface area contributed by atoms with Crippen LogP contribution < -0.4 is 9.46 Å². The van der Waals surface area contributed by atoms with Crippen LogP contribution in [0.25, 0.3) is 33.8 Å². The highest BCUT2D eigenvalue weighted by atomic mass is 32.2. The number of amides is 1. The number of aromatic carboxylic acids is 1. The minimum absolute atomic E-state index is 0.00831. The predicted octanol–water partition coefficient (Wildman–Crippen LogP) is 6.62. The average Bonchev–Trinajstić information content (AvgIpc) is 3.74. The summed E-state index contributed by atoms with van der Waals surface area (Å²) in [5.41, 5.74) is 6.58. The molecule has 2 aliphatic carbocycles. The number of methoxy groups -OCH3 is 1. The van der Waals surface area contributed by atoms with Gasteiger partial charge in [-0.3, -0.25) is 4.79 Å². The van der Waals surface area contributed by atoms with Crippen LogP contribution >= 0.6 is 0 Å². The van der Waals surface area contributed by atoms with Gasteiger partial charge in [-0.05, 0) is 98.6 Å². The van der Waals surface area contributed by atoms with Gasteiger partial charge in [0.1, 0.15) is 5.75 Å². The van der Waals surface area contributed by atoms with E-state index in [4.69, 9.17) is 4.74 Å². The molecule has 0 unspecified atom stereocenters. The number of imidazole rings is 1. The zero-order valence-corrected chi connectivity index (χ0v) is 27.1. The summed E-state index contributed by atoms with van der Waals surface area (Å²) >= 11 is 0. The van der Waals surface area contributed by atoms with Crippen LogP contribution in [0.15, 0.2) is 42.7 Å². The monoisotopic (exact) mass is 642 g/mol. The molecule has 2 aromatic heterocycles. The molecule has 10 nitrogen and oxygen atoms in total. The highest BCUT2D eigenvalue weighted by Crippen LogP contribution is 2.48. The third-order valence-corrected chi connectivity index (χ3v) is 11.4. The summed E-state index contributed by atoms with van der Waals surface area (Å²) in [6, 6.07) is 11.6. The van der Waals surface area contributed by atoms with Crippen molar-refractivity contribution in [3.8, 4) is 17.0 Å². The Morgan fingerprint density at radius 3 is 2.46 bits per heavy atom. The van der Waals surface area contributed by atoms with E-state index >= 15 is 0 Å². The molecule has 4 aromatic rings. The van der Waals surface area contributed by atoms with Crippen LogP contribution in [0.2, 0.25) is 0 Å². The molecule has 3 heterocycles. The van der Waals surface area contributed by atoms with Crippen molar-refractivity contribution >= 4 is 44.5 Å². The molecule has 0 spiro atoms. The Morgan fingerprint density at radius 1 is 1.02 bits per heavy atom. The van der Waals surface area contributed by atoms with E-state index in [-0.39, 0.29) is 17.3 Å². The van der Waals surface area contributed by atoms with Gasteiger partial charge in [-0.15, -0.1) is 0 Å². The second kappa shape index (κ2) is 11.5. The van der Waals surface area contributed by atoms with Crippen molar-refractivity contribution < 1.29 is 27.9 Å². The first-order valence-electron chi connectivity index (χ1n) is 16.0. The molecule has 11 heteroatoms. The normalized spacial score (nSPS) is 16.9. The lowest BCUT2D eigenvalue weighted by Gasteiger charge is -2.24. The maximum atomic E-state index is 13.3. The molecule has 1 aliphatic heterocycles. The number of aromatic nitrogens is 3. The van der Waals surface area contributed by atoms with Crippen LogP contribution in [0.3, 0.4) is 0 Å². The molecule has 3 aliphatic rings. The van der Waals surface area contributed by atoms with E-state index in [0.717, 1.165) is 71.8 Å². The smallest absolute Gasteiger partial charge is 0.356 e. The number of carbonyl (C=O) groups excluding carboxylic acids is 1. The van der Waals surface area contributed by atoms with Gasteiger partial charge in [0.15, 0.2) is 5.69 Å². The number of benzene rings is 2. The van der Waals surface area contributed by atoms with Crippen molar-refractivity contribution in [1.29, 1.82) is 0 Å². The van der Waals surface area contributed by atoms with E-state index in [0.29, 0.717) is 23.9 Å². The molecule has 0 saturated heterocycles. The maximum absolute atomic E-state index is 13.3. The lowest BCUT2D eigenvalue weighted by atomic mass is 9.81. The summed E-state index contributed by atoms with van der Waals surface area (Å²) in [5.74, 6) is -0.773. The average molecular weight is 643 g/mol. The number of carbonyl (C=O) groups is 2. The number of ether oxygens (including phenoxy) is 1. The standard InChI is InChI=1S/C35H38N4O6S/c1-20(2)46(43,44)37-34(40)22-9-13-28-29(17-22)38-18-24(32-31(35(41)42)36-19-39(32)25-10-11-25)15-23-16-26(45-3)12-14-27(23)33(38)30(28)21-7-5-4-6-8-21/h9,12-17,19-21,25H,4-8,10-11,18H2,1-3H3,(H,37,40)(H,41,42). The fourth-order valence-electron chi connectivity index (χ4n) is 7.10. The number of hydrogen-bond acceptors (Lipinski definition) is 6. The van der Waals surface area contributed by atoms with Crippen LogP contribution in [0.1, 0.15) is 108 Å². The topological polar surface area (TPSA) is 133 Å². The first kappa shape index (κ1) is 30.3. The van der Waals surface area contributed by atoms with Crippen molar-refractivity contribution in [2.45, 2.75) is 82.5 Å². The van der Waals surface area contributed by atoms with Crippen molar-refractivity contribution in [3.63, 3.8) is 0 Å². The zero-order valence-electron chi connectivity index (χ0n) is 26.2. The molecule has 2 saturated carbocycles. The largest absolute Gasteiger partial charge is 0.497 e. The first-order valence-corrected chi connectivity index (χ1v) is 17.5. The van der Waals surface area contributed by atoms with Gasteiger partial charge in [-0.25, -0.2) is 22.9 Å². The quantitative estimate of drug-likeness (QED) is 0.221. The van der Waals surface area contributed by atoms with E-state index in [1.54, 1.807) is 25.6 Å². The van der Waals surface area contributed by atoms with Gasteiger partial charge in [-0.1, -0.05) is 25.3 Å². The Bertz CT molecular complexity index is 2030. The summed E-state index contributed by atoms with van der Waals surface area (Å²) in [5, 5.41) is 10.5. The zero-order chi connectivity index (χ0) is 32.3. The van der Waals surface area contributed by atoms with Gasteiger partial charge >= 0.3 is 5.97 Å². The second-order valence-corrected chi connectivity index (χ2v) is 15.2. The summed E-state index contributed by atoms with van der Waals surface area (Å²) in [4.78, 5) is 30.1. The van der Waals surface area contributed by atoms with Gasteiger partial charge in [0, 0.05) is 28.1 Å². The predicted molar refractivity (Wildman–Crippen MR) is 177 cm³/mol. The number of sulfonamides is 1. The van der Waals surface area contributed by atoms with Gasteiger partial charge in [0.05, 0.1) is 36.6 Å². The van der Waals surface area contributed by atoms with Crippen molar-refractivity contribution in [2.24, 2.45) is 0 Å². The highest BCUT2D eigenvalue weighted by molar-refractivity contribution is 7.90. The summed E-state index contributed by atoms with van der Waals surface area (Å²) in [7, 11) is -2.20. The molecule has 2 aromatic carbocycles. The van der Waals surface area contributed by atoms with Crippen LogP contribution in [0, 0.1) is 0 Å². The van der Waals surface area contributed by atoms with Crippen LogP contribution in [-0.4, -0.2) is 51.9 Å². The summed E-state index contributed by atoms with van der Waals surface area (Å²) in [6.07, 6.45) is 11.2. The van der Waals surface area contributed by atoms with Crippen LogP contribution in [0.5, 0.6) is 5.75 Å². The highest BCUT2D eigenvalue weighted by Gasteiger charge is 2.34. The molecule has 0 radical (unpaired) electrons. The molecular weight excluding hydrogens is 604 g/mol. The number of nitrogens with one attached hydrogen (secondary N) is 1. The number of carboxylic acid groups (broad SMARTS) is 1. The third-order valence-electron chi connectivity index (χ3n) is 9.65. The van der Waals surface area contributed by atoms with Gasteiger partial charge in [-0.2, -0.15) is 0 Å². The minimum Gasteiger partial charge on any atom is -0.497 e. The summed E-state index contributed by atoms with van der Waals surface area (Å²) < 4.78 is 37.2. The van der Waals surface area contributed by atoms with Crippen molar-refractivity contribution in [2.75, 3.05) is 7.11 Å². The van der Waals surface area contributed by atoms with E-state index < -0.39 is 27.1 Å². The van der Waals surface area contributed by atoms with Gasteiger partial charge < -0.3 is 19.0 Å². The fourth-order valence-corrected chi connectivity index (χ4v) is 7.71. The number of allylic oxidation sites excluding steroid dienone is 1.